The number of benzene rings is 2. The molecule has 2 aromatic carbocycles. The van der Waals surface area contributed by atoms with Crippen molar-refractivity contribution in [3.63, 3.8) is 0 Å². The second kappa shape index (κ2) is 12.0. The number of alkyl halides is 3. The molecule has 1 saturated heterocycles. The summed E-state index contributed by atoms with van der Waals surface area (Å²) in [6.45, 7) is 3.22. The number of halogens is 6. The molecule has 2 N–H and O–H groups in total. The Morgan fingerprint density at radius 3 is 2.49 bits per heavy atom. The minimum Gasteiger partial charge on any atom is -0.475 e. The van der Waals surface area contributed by atoms with Crippen LogP contribution in [0.5, 0.6) is 0 Å². The first-order valence-corrected chi connectivity index (χ1v) is 13.1. The number of nitrogens with zero attached hydrogens (tertiary/aromatic N) is 5. The SMILES string of the molecule is C[C@@H](Cc1nc(C2CCOCC2)nc2c1ncn2-c1cccc(F)c1)c1nc2c(F)c(F)ccc2[nH]1.O=C(O)C(F)(F)F. The van der Waals surface area contributed by atoms with Crippen molar-refractivity contribution in [1.82, 2.24) is 29.5 Å². The number of aromatic nitrogens is 6. The zero-order valence-electron chi connectivity index (χ0n) is 22.5. The van der Waals surface area contributed by atoms with Crippen LogP contribution in [0.4, 0.5) is 26.3 Å². The van der Waals surface area contributed by atoms with Crippen LogP contribution >= 0.6 is 0 Å². The summed E-state index contributed by atoms with van der Waals surface area (Å²) in [5.41, 5.74) is 2.94. The molecule has 1 aliphatic heterocycles. The van der Waals surface area contributed by atoms with Gasteiger partial charge in [-0.25, -0.2) is 37.9 Å². The highest BCUT2D eigenvalue weighted by atomic mass is 19.4. The number of carboxylic acids is 1. The van der Waals surface area contributed by atoms with Crippen molar-refractivity contribution in [3.8, 4) is 5.69 Å². The fourth-order valence-electron chi connectivity index (χ4n) is 4.73. The van der Waals surface area contributed by atoms with Gasteiger partial charge in [0.2, 0.25) is 0 Å². The van der Waals surface area contributed by atoms with Crippen LogP contribution < -0.4 is 0 Å². The summed E-state index contributed by atoms with van der Waals surface area (Å²) in [5.74, 6) is -3.85. The van der Waals surface area contributed by atoms with Crippen molar-refractivity contribution >= 4 is 28.2 Å². The third-order valence-corrected chi connectivity index (χ3v) is 6.93. The zero-order chi connectivity index (χ0) is 30.9. The number of hydrogen-bond donors (Lipinski definition) is 2. The standard InChI is InChI=1S/C26H23F3N6O.C2HF3O2/c1-14(24-31-19-6-5-18(28)21(29)22(19)33-24)11-20-23-26(34-25(32-20)15-7-9-36-10-8-15)35(13-30-23)17-4-2-3-16(27)12-17;3-2(4,5)1(6)7/h2-6,12-15H,7-11H2,1H3,(H,31,33);(H,6,7)/t14-;/m0./s1. The Bertz CT molecular complexity index is 1780. The van der Waals surface area contributed by atoms with Crippen LogP contribution in [0, 0.1) is 17.5 Å². The van der Waals surface area contributed by atoms with E-state index in [-0.39, 0.29) is 23.2 Å². The van der Waals surface area contributed by atoms with Crippen LogP contribution in [-0.2, 0) is 16.0 Å². The van der Waals surface area contributed by atoms with Gasteiger partial charge in [0.05, 0.1) is 16.9 Å². The van der Waals surface area contributed by atoms with Gasteiger partial charge in [-0.1, -0.05) is 13.0 Å². The molecule has 1 atom stereocenters. The van der Waals surface area contributed by atoms with Crippen LogP contribution in [0.25, 0.3) is 27.9 Å². The molecule has 1 aliphatic rings. The molecule has 6 rings (SSSR count). The van der Waals surface area contributed by atoms with Gasteiger partial charge in [-0.2, -0.15) is 13.2 Å². The largest absolute Gasteiger partial charge is 0.490 e. The number of H-pyrrole nitrogens is 1. The van der Waals surface area contributed by atoms with Gasteiger partial charge in [-0.3, -0.25) is 4.57 Å². The Labute approximate surface area is 239 Å². The predicted molar refractivity (Wildman–Crippen MR) is 141 cm³/mol. The summed E-state index contributed by atoms with van der Waals surface area (Å²) < 4.78 is 80.9. The first kappa shape index (κ1) is 29.9. The molecule has 3 aromatic heterocycles. The van der Waals surface area contributed by atoms with Gasteiger partial charge in [-0.05, 0) is 43.2 Å². The number of carboxylic acid groups (broad SMARTS) is 1. The van der Waals surface area contributed by atoms with Crippen molar-refractivity contribution in [3.05, 3.63) is 77.5 Å². The molecule has 0 spiro atoms. The van der Waals surface area contributed by atoms with E-state index in [1.54, 1.807) is 23.0 Å². The quantitative estimate of drug-likeness (QED) is 0.236. The smallest absolute Gasteiger partial charge is 0.475 e. The van der Waals surface area contributed by atoms with E-state index in [0.29, 0.717) is 53.7 Å². The van der Waals surface area contributed by atoms with Crippen molar-refractivity contribution in [2.45, 2.75) is 44.2 Å². The van der Waals surface area contributed by atoms with E-state index in [4.69, 9.17) is 24.6 Å². The van der Waals surface area contributed by atoms with Crippen LogP contribution in [0.15, 0.2) is 42.7 Å². The van der Waals surface area contributed by atoms with E-state index in [0.717, 1.165) is 24.6 Å². The number of aromatic amines is 1. The van der Waals surface area contributed by atoms with E-state index >= 15 is 0 Å². The van der Waals surface area contributed by atoms with Crippen LogP contribution in [0.2, 0.25) is 0 Å². The third-order valence-electron chi connectivity index (χ3n) is 6.93. The summed E-state index contributed by atoms with van der Waals surface area (Å²) in [5, 5.41) is 7.12. The van der Waals surface area contributed by atoms with Gasteiger partial charge in [-0.15, -0.1) is 0 Å². The molecule has 1 fully saturated rings. The molecule has 43 heavy (non-hydrogen) atoms. The average Bonchev–Trinajstić information content (AvgIpc) is 3.61. The highest BCUT2D eigenvalue weighted by molar-refractivity contribution is 5.77. The number of nitrogens with one attached hydrogen (secondary N) is 1. The van der Waals surface area contributed by atoms with Gasteiger partial charge in [0.1, 0.15) is 34.8 Å². The molecule has 5 aromatic rings. The summed E-state index contributed by atoms with van der Waals surface area (Å²) >= 11 is 0. The van der Waals surface area contributed by atoms with Gasteiger partial charge in [0.15, 0.2) is 17.3 Å². The molecule has 0 saturated carbocycles. The lowest BCUT2D eigenvalue weighted by molar-refractivity contribution is -0.192. The normalized spacial score (nSPS) is 15.0. The molecular formula is C28H24F6N6O3. The van der Waals surface area contributed by atoms with E-state index in [9.17, 15) is 26.3 Å². The number of ether oxygens (including phenoxy) is 1. The van der Waals surface area contributed by atoms with Crippen molar-refractivity contribution in [1.29, 1.82) is 0 Å². The topological polar surface area (TPSA) is 119 Å². The van der Waals surface area contributed by atoms with Gasteiger partial charge in [0, 0.05) is 31.5 Å². The summed E-state index contributed by atoms with van der Waals surface area (Å²) in [4.78, 5) is 30.7. The summed E-state index contributed by atoms with van der Waals surface area (Å²) in [6.07, 6.45) is -1.40. The summed E-state index contributed by atoms with van der Waals surface area (Å²) in [7, 11) is 0. The number of rotatable bonds is 5. The number of imidazole rings is 2. The Balaban J connectivity index is 0.000000472. The summed E-state index contributed by atoms with van der Waals surface area (Å²) in [6, 6.07) is 8.82. The van der Waals surface area contributed by atoms with Crippen molar-refractivity contribution < 1.29 is 41.0 Å². The lowest BCUT2D eigenvalue weighted by Crippen LogP contribution is -2.21. The predicted octanol–water partition coefficient (Wildman–Crippen LogP) is 5.98. The first-order chi connectivity index (χ1) is 20.4. The molecule has 0 aliphatic carbocycles. The molecule has 226 valence electrons. The zero-order valence-corrected chi connectivity index (χ0v) is 22.5. The maximum atomic E-state index is 14.2. The molecule has 0 amide bonds. The van der Waals surface area contributed by atoms with Gasteiger partial charge in [0.25, 0.3) is 0 Å². The molecule has 15 heteroatoms. The first-order valence-electron chi connectivity index (χ1n) is 13.1. The second-order valence-corrected chi connectivity index (χ2v) is 9.97. The Morgan fingerprint density at radius 2 is 1.81 bits per heavy atom. The average molecular weight is 607 g/mol. The number of aliphatic carboxylic acids is 1. The second-order valence-electron chi connectivity index (χ2n) is 9.97. The lowest BCUT2D eigenvalue weighted by Gasteiger charge is -2.21. The van der Waals surface area contributed by atoms with Gasteiger partial charge >= 0.3 is 12.1 Å². The fraction of sp³-hybridized carbons (Fsp3) is 0.321. The third kappa shape index (κ3) is 6.45. The van der Waals surface area contributed by atoms with Crippen molar-refractivity contribution in [2.24, 2.45) is 0 Å². The Morgan fingerprint density at radius 1 is 1.09 bits per heavy atom. The molecule has 4 heterocycles. The van der Waals surface area contributed by atoms with Crippen LogP contribution in [0.1, 0.15) is 48.9 Å². The van der Waals surface area contributed by atoms with Crippen molar-refractivity contribution in [2.75, 3.05) is 13.2 Å². The van der Waals surface area contributed by atoms with E-state index in [1.807, 2.05) is 6.92 Å². The molecule has 0 bridgehead atoms. The minimum absolute atomic E-state index is 0.0250. The maximum absolute atomic E-state index is 14.2. The van der Waals surface area contributed by atoms with Crippen LogP contribution in [0.3, 0.4) is 0 Å². The lowest BCUT2D eigenvalue weighted by atomic mass is 9.98. The molecule has 9 nitrogen and oxygen atoms in total. The van der Waals surface area contributed by atoms with Gasteiger partial charge < -0.3 is 14.8 Å². The Kier molecular flexibility index (Phi) is 8.35. The Hall–Kier alpha value is -4.53. The molecule has 0 unspecified atom stereocenters. The number of carbonyl (C=O) groups is 1. The highest BCUT2D eigenvalue weighted by Gasteiger charge is 2.38. The van der Waals surface area contributed by atoms with E-state index in [1.165, 1.54) is 18.2 Å². The van der Waals surface area contributed by atoms with Crippen LogP contribution in [-0.4, -0.2) is 60.0 Å². The number of hydrogen-bond acceptors (Lipinski definition) is 6. The van der Waals surface area contributed by atoms with E-state index < -0.39 is 23.8 Å². The molecular weight excluding hydrogens is 582 g/mol. The number of fused-ring (bicyclic) bond motifs is 2. The fourth-order valence-corrected chi connectivity index (χ4v) is 4.73. The highest BCUT2D eigenvalue weighted by Crippen LogP contribution is 2.30. The maximum Gasteiger partial charge on any atom is 0.490 e. The minimum atomic E-state index is -5.08. The monoisotopic (exact) mass is 606 g/mol. The molecule has 0 radical (unpaired) electrons. The van der Waals surface area contributed by atoms with E-state index in [2.05, 4.69) is 15.0 Å².